The second kappa shape index (κ2) is 5.47. The predicted molar refractivity (Wildman–Crippen MR) is 72.0 cm³/mol. The van der Waals surface area contributed by atoms with Crippen LogP contribution in [-0.2, 0) is 6.42 Å². The molecule has 17 heavy (non-hydrogen) atoms. The van der Waals surface area contributed by atoms with Gasteiger partial charge in [-0.3, -0.25) is 0 Å². The summed E-state index contributed by atoms with van der Waals surface area (Å²) >= 11 is 12.2. The molecule has 1 fully saturated rings. The maximum absolute atomic E-state index is 6.17. The third-order valence-corrected chi connectivity index (χ3v) is 3.29. The average Bonchev–Trinajstić information content (AvgIpc) is 2.98. The molecule has 0 heterocycles. The number of hydrogen-bond acceptors (Lipinski definition) is 2. The second-order valence-electron chi connectivity index (χ2n) is 4.81. The van der Waals surface area contributed by atoms with Gasteiger partial charge in [0.25, 0.3) is 0 Å². The van der Waals surface area contributed by atoms with E-state index in [4.69, 9.17) is 33.7 Å². The molecule has 4 heteroatoms. The van der Waals surface area contributed by atoms with E-state index >= 15 is 0 Å². The van der Waals surface area contributed by atoms with Crippen LogP contribution in [0.5, 0.6) is 5.75 Å². The molecule has 0 aliphatic heterocycles. The van der Waals surface area contributed by atoms with Gasteiger partial charge in [0.2, 0.25) is 0 Å². The second-order valence-corrected chi connectivity index (χ2v) is 5.66. The van der Waals surface area contributed by atoms with Crippen LogP contribution in [0.25, 0.3) is 0 Å². The monoisotopic (exact) mass is 273 g/mol. The van der Waals surface area contributed by atoms with Gasteiger partial charge in [-0.1, -0.05) is 23.2 Å². The van der Waals surface area contributed by atoms with Crippen molar-refractivity contribution in [3.8, 4) is 5.75 Å². The summed E-state index contributed by atoms with van der Waals surface area (Å²) in [5.74, 6) is 1.45. The molecule has 2 N–H and O–H groups in total. The molecular weight excluding hydrogens is 257 g/mol. The molecule has 0 radical (unpaired) electrons. The zero-order valence-corrected chi connectivity index (χ0v) is 11.4. The topological polar surface area (TPSA) is 35.2 Å². The molecule has 0 amide bonds. The lowest BCUT2D eigenvalue weighted by molar-refractivity contribution is 0.296. The zero-order valence-electron chi connectivity index (χ0n) is 9.88. The lowest BCUT2D eigenvalue weighted by Gasteiger charge is -2.15. The van der Waals surface area contributed by atoms with Gasteiger partial charge in [-0.2, -0.15) is 0 Å². The Hall–Kier alpha value is -0.440. The number of hydrogen-bond donors (Lipinski definition) is 1. The third kappa shape index (κ3) is 3.77. The van der Waals surface area contributed by atoms with Crippen LogP contribution < -0.4 is 10.5 Å². The lowest BCUT2D eigenvalue weighted by Crippen LogP contribution is -2.18. The molecule has 2 rings (SSSR count). The Morgan fingerprint density at radius 1 is 1.41 bits per heavy atom. The van der Waals surface area contributed by atoms with Gasteiger partial charge >= 0.3 is 0 Å². The van der Waals surface area contributed by atoms with E-state index in [1.54, 1.807) is 6.07 Å². The maximum Gasteiger partial charge on any atom is 0.141 e. The van der Waals surface area contributed by atoms with E-state index in [9.17, 15) is 0 Å². The van der Waals surface area contributed by atoms with Gasteiger partial charge < -0.3 is 10.5 Å². The Balaban J connectivity index is 2.18. The highest BCUT2D eigenvalue weighted by molar-refractivity contribution is 6.35. The zero-order chi connectivity index (χ0) is 12.4. The largest absolute Gasteiger partial charge is 0.491 e. The van der Waals surface area contributed by atoms with Crippen LogP contribution >= 0.6 is 23.2 Å². The maximum atomic E-state index is 6.17. The Labute approximate surface area is 112 Å². The standard InChI is InChI=1S/C13H17Cl2NO/c1-8(16)4-10-5-11(14)6-12(15)13(10)17-7-9-2-3-9/h5-6,8-9H,2-4,7,16H2,1H3. The van der Waals surface area contributed by atoms with Crippen molar-refractivity contribution >= 4 is 23.2 Å². The summed E-state index contributed by atoms with van der Waals surface area (Å²) in [4.78, 5) is 0. The van der Waals surface area contributed by atoms with Gasteiger partial charge in [-0.05, 0) is 49.8 Å². The van der Waals surface area contributed by atoms with Crippen molar-refractivity contribution in [1.82, 2.24) is 0 Å². The van der Waals surface area contributed by atoms with Crippen LogP contribution in [0.15, 0.2) is 12.1 Å². The fourth-order valence-corrected chi connectivity index (χ4v) is 2.35. The van der Waals surface area contributed by atoms with Crippen molar-refractivity contribution in [2.24, 2.45) is 11.7 Å². The van der Waals surface area contributed by atoms with E-state index in [0.717, 1.165) is 24.3 Å². The Bertz CT molecular complexity index is 403. The summed E-state index contributed by atoms with van der Waals surface area (Å²) in [5.41, 5.74) is 6.82. The number of rotatable bonds is 5. The smallest absolute Gasteiger partial charge is 0.141 e. The third-order valence-electron chi connectivity index (χ3n) is 2.79. The first kappa shape index (κ1) is 13.0. The quantitative estimate of drug-likeness (QED) is 0.889. The van der Waals surface area contributed by atoms with Gasteiger partial charge in [0, 0.05) is 11.1 Å². The average molecular weight is 274 g/mol. The van der Waals surface area contributed by atoms with Gasteiger partial charge in [0.1, 0.15) is 5.75 Å². The van der Waals surface area contributed by atoms with Crippen molar-refractivity contribution in [3.05, 3.63) is 27.7 Å². The van der Waals surface area contributed by atoms with Gasteiger partial charge in [-0.15, -0.1) is 0 Å². The molecule has 2 nitrogen and oxygen atoms in total. The summed E-state index contributed by atoms with van der Waals surface area (Å²) in [6, 6.07) is 3.67. The van der Waals surface area contributed by atoms with Crippen molar-refractivity contribution in [2.45, 2.75) is 32.2 Å². The Morgan fingerprint density at radius 2 is 2.12 bits per heavy atom. The molecule has 0 spiro atoms. The molecule has 0 saturated heterocycles. The minimum absolute atomic E-state index is 0.0628. The Morgan fingerprint density at radius 3 is 2.71 bits per heavy atom. The molecule has 1 unspecified atom stereocenters. The molecule has 94 valence electrons. The number of ether oxygens (including phenoxy) is 1. The number of nitrogens with two attached hydrogens (primary N) is 1. The summed E-state index contributed by atoms with van der Waals surface area (Å²) in [7, 11) is 0. The van der Waals surface area contributed by atoms with Crippen LogP contribution in [-0.4, -0.2) is 12.6 Å². The fraction of sp³-hybridized carbons (Fsp3) is 0.538. The van der Waals surface area contributed by atoms with Crippen LogP contribution in [0.3, 0.4) is 0 Å². The molecule has 1 aliphatic carbocycles. The highest BCUT2D eigenvalue weighted by atomic mass is 35.5. The molecule has 0 aromatic heterocycles. The van der Waals surface area contributed by atoms with Crippen molar-refractivity contribution in [1.29, 1.82) is 0 Å². The van der Waals surface area contributed by atoms with E-state index in [0.29, 0.717) is 16.0 Å². The highest BCUT2D eigenvalue weighted by Crippen LogP contribution is 2.36. The first-order valence-electron chi connectivity index (χ1n) is 5.92. The van der Waals surface area contributed by atoms with Crippen LogP contribution in [0.4, 0.5) is 0 Å². The SMILES string of the molecule is CC(N)Cc1cc(Cl)cc(Cl)c1OCC1CC1. The summed E-state index contributed by atoms with van der Waals surface area (Å²) in [6.45, 7) is 2.70. The van der Waals surface area contributed by atoms with Crippen LogP contribution in [0.1, 0.15) is 25.3 Å². The first-order valence-corrected chi connectivity index (χ1v) is 6.68. The lowest BCUT2D eigenvalue weighted by atomic mass is 10.1. The molecular formula is C13H17Cl2NO. The van der Waals surface area contributed by atoms with Crippen molar-refractivity contribution in [3.63, 3.8) is 0 Å². The summed E-state index contributed by atoms with van der Waals surface area (Å²) in [6.07, 6.45) is 3.24. The van der Waals surface area contributed by atoms with Gasteiger partial charge in [-0.25, -0.2) is 0 Å². The minimum atomic E-state index is 0.0628. The van der Waals surface area contributed by atoms with Crippen LogP contribution in [0.2, 0.25) is 10.0 Å². The molecule has 0 bridgehead atoms. The normalized spacial score (nSPS) is 16.9. The number of benzene rings is 1. The molecule has 1 aromatic rings. The van der Waals surface area contributed by atoms with Crippen LogP contribution in [0, 0.1) is 5.92 Å². The van der Waals surface area contributed by atoms with Gasteiger partial charge in [0.05, 0.1) is 11.6 Å². The van der Waals surface area contributed by atoms with E-state index in [2.05, 4.69) is 0 Å². The van der Waals surface area contributed by atoms with Gasteiger partial charge in [0.15, 0.2) is 0 Å². The van der Waals surface area contributed by atoms with E-state index in [1.165, 1.54) is 12.8 Å². The highest BCUT2D eigenvalue weighted by Gasteiger charge is 2.23. The Kier molecular flexibility index (Phi) is 4.18. The minimum Gasteiger partial charge on any atom is -0.491 e. The fourth-order valence-electron chi connectivity index (χ4n) is 1.76. The van der Waals surface area contributed by atoms with Crippen molar-refractivity contribution in [2.75, 3.05) is 6.61 Å². The summed E-state index contributed by atoms with van der Waals surface area (Å²) < 4.78 is 5.80. The van der Waals surface area contributed by atoms with E-state index in [1.807, 2.05) is 13.0 Å². The molecule has 1 atom stereocenters. The predicted octanol–water partition coefficient (Wildman–Crippen LogP) is 3.67. The van der Waals surface area contributed by atoms with Crippen molar-refractivity contribution < 1.29 is 4.74 Å². The number of halogens is 2. The molecule has 1 saturated carbocycles. The first-order chi connectivity index (χ1) is 8.06. The van der Waals surface area contributed by atoms with E-state index < -0.39 is 0 Å². The van der Waals surface area contributed by atoms with E-state index in [-0.39, 0.29) is 6.04 Å². The molecule has 1 aromatic carbocycles. The molecule has 1 aliphatic rings. The summed E-state index contributed by atoms with van der Waals surface area (Å²) in [5, 5.41) is 1.21.